The average Bonchev–Trinajstić information content (AvgIpc) is 3.14. The minimum Gasteiger partial charge on any atom is -0.346 e. The van der Waals surface area contributed by atoms with Gasteiger partial charge in [0.05, 0.1) is 6.04 Å². The fraction of sp³-hybridized carbons (Fsp3) is 0.167. The highest BCUT2D eigenvalue weighted by atomic mass is 79.9. The van der Waals surface area contributed by atoms with Crippen LogP contribution in [-0.4, -0.2) is 21.1 Å². The van der Waals surface area contributed by atoms with Gasteiger partial charge in [0.1, 0.15) is 6.33 Å². The maximum atomic E-state index is 12.4. The Bertz CT molecular complexity index is 819. The molecule has 7 heteroatoms. The molecule has 0 fully saturated rings. The first kappa shape index (κ1) is 17.7. The maximum Gasteiger partial charge on any atom is 0.251 e. The molecule has 2 aromatic carbocycles. The van der Waals surface area contributed by atoms with Crippen LogP contribution < -0.4 is 5.32 Å². The number of H-pyrrole nitrogens is 1. The molecule has 0 bridgehead atoms. The number of benzene rings is 2. The molecule has 2 N–H and O–H groups in total. The molecule has 5 nitrogen and oxygen atoms in total. The molecular formula is C18H17BrN4OS. The Labute approximate surface area is 158 Å². The Morgan fingerprint density at radius 2 is 1.92 bits per heavy atom. The van der Waals surface area contributed by atoms with Crippen molar-refractivity contribution in [3.05, 3.63) is 76.0 Å². The fourth-order valence-corrected chi connectivity index (χ4v) is 3.28. The van der Waals surface area contributed by atoms with Crippen LogP contribution in [0, 0.1) is 0 Å². The van der Waals surface area contributed by atoms with E-state index in [4.69, 9.17) is 0 Å². The zero-order valence-corrected chi connectivity index (χ0v) is 16.0. The summed E-state index contributed by atoms with van der Waals surface area (Å²) in [5.74, 6) is 0.691. The van der Waals surface area contributed by atoms with Gasteiger partial charge >= 0.3 is 0 Å². The zero-order chi connectivity index (χ0) is 17.6. The molecule has 128 valence electrons. The molecule has 3 rings (SSSR count). The summed E-state index contributed by atoms with van der Waals surface area (Å²) in [6.07, 6.45) is 1.49. The Kier molecular flexibility index (Phi) is 5.88. The second-order valence-electron chi connectivity index (χ2n) is 5.52. The molecule has 0 aliphatic rings. The van der Waals surface area contributed by atoms with Crippen LogP contribution >= 0.6 is 27.7 Å². The van der Waals surface area contributed by atoms with E-state index in [0.29, 0.717) is 5.56 Å². The van der Waals surface area contributed by atoms with Crippen LogP contribution in [0.5, 0.6) is 0 Å². The molecule has 0 saturated carbocycles. The topological polar surface area (TPSA) is 70.7 Å². The number of nitrogens with one attached hydrogen (secondary N) is 2. The van der Waals surface area contributed by atoms with E-state index in [1.165, 1.54) is 6.33 Å². The van der Waals surface area contributed by atoms with Gasteiger partial charge in [-0.1, -0.05) is 52.0 Å². The Morgan fingerprint density at radius 1 is 1.20 bits per heavy atom. The number of amides is 1. The summed E-state index contributed by atoms with van der Waals surface area (Å²) in [7, 11) is 0. The molecule has 0 aliphatic carbocycles. The molecular weight excluding hydrogens is 400 g/mol. The summed E-state index contributed by atoms with van der Waals surface area (Å²) < 4.78 is 1.02. The molecule has 1 atom stereocenters. The molecule has 1 unspecified atom stereocenters. The van der Waals surface area contributed by atoms with Gasteiger partial charge in [0.15, 0.2) is 5.16 Å². The van der Waals surface area contributed by atoms with E-state index < -0.39 is 0 Å². The number of carbonyl (C=O) groups is 1. The lowest BCUT2D eigenvalue weighted by atomic mass is 10.1. The van der Waals surface area contributed by atoms with Crippen LogP contribution in [-0.2, 0) is 5.75 Å². The minimum atomic E-state index is -0.0788. The van der Waals surface area contributed by atoms with Crippen molar-refractivity contribution in [3.8, 4) is 0 Å². The van der Waals surface area contributed by atoms with E-state index in [2.05, 4.69) is 36.4 Å². The van der Waals surface area contributed by atoms with Crippen LogP contribution in [0.1, 0.15) is 34.5 Å². The molecule has 1 heterocycles. The lowest BCUT2D eigenvalue weighted by Crippen LogP contribution is -2.26. The second-order valence-corrected chi connectivity index (χ2v) is 7.40. The van der Waals surface area contributed by atoms with Crippen LogP contribution in [0.15, 0.2) is 64.5 Å². The van der Waals surface area contributed by atoms with Gasteiger partial charge in [0, 0.05) is 15.8 Å². The van der Waals surface area contributed by atoms with Crippen LogP contribution in [0.25, 0.3) is 0 Å². The third kappa shape index (κ3) is 4.93. The quantitative estimate of drug-likeness (QED) is 0.585. The summed E-state index contributed by atoms with van der Waals surface area (Å²) in [6.45, 7) is 1.98. The summed E-state index contributed by atoms with van der Waals surface area (Å²) in [5, 5.41) is 10.4. The lowest BCUT2D eigenvalue weighted by Gasteiger charge is -2.14. The minimum absolute atomic E-state index is 0.0534. The first-order valence-electron chi connectivity index (χ1n) is 7.75. The van der Waals surface area contributed by atoms with Gasteiger partial charge in [-0.05, 0) is 42.3 Å². The monoisotopic (exact) mass is 416 g/mol. The average molecular weight is 417 g/mol. The van der Waals surface area contributed by atoms with E-state index in [9.17, 15) is 4.79 Å². The van der Waals surface area contributed by atoms with Crippen molar-refractivity contribution in [3.63, 3.8) is 0 Å². The predicted molar refractivity (Wildman–Crippen MR) is 102 cm³/mol. The summed E-state index contributed by atoms with van der Waals surface area (Å²) >= 11 is 4.99. The third-order valence-electron chi connectivity index (χ3n) is 3.70. The second kappa shape index (κ2) is 8.31. The van der Waals surface area contributed by atoms with E-state index in [1.807, 2.05) is 55.5 Å². The smallest absolute Gasteiger partial charge is 0.251 e. The number of rotatable bonds is 6. The molecule has 25 heavy (non-hydrogen) atoms. The molecule has 0 spiro atoms. The first-order valence-corrected chi connectivity index (χ1v) is 9.53. The van der Waals surface area contributed by atoms with Crippen LogP contribution in [0.4, 0.5) is 0 Å². The summed E-state index contributed by atoms with van der Waals surface area (Å²) in [5.41, 5.74) is 2.84. The largest absolute Gasteiger partial charge is 0.346 e. The standard InChI is InChI=1S/C18H17BrN4OS/c1-12(14-6-8-16(19)9-7-14)22-17(24)15-4-2-13(3-5-15)10-25-18-20-11-21-23-18/h2-9,11-12H,10H2,1H3,(H,22,24)(H,20,21,23). The van der Waals surface area contributed by atoms with Gasteiger partial charge in [-0.3, -0.25) is 9.89 Å². The lowest BCUT2D eigenvalue weighted by molar-refractivity contribution is 0.0940. The van der Waals surface area contributed by atoms with Gasteiger partial charge in [0.2, 0.25) is 0 Å². The number of aromatic amines is 1. The first-order chi connectivity index (χ1) is 12.1. The van der Waals surface area contributed by atoms with Crippen molar-refractivity contribution in [1.82, 2.24) is 20.5 Å². The van der Waals surface area contributed by atoms with Crippen molar-refractivity contribution in [2.75, 3.05) is 0 Å². The molecule has 1 aromatic heterocycles. The maximum absolute atomic E-state index is 12.4. The predicted octanol–water partition coefficient (Wildman–Crippen LogP) is 4.35. The van der Waals surface area contributed by atoms with Crippen molar-refractivity contribution >= 4 is 33.6 Å². The third-order valence-corrected chi connectivity index (χ3v) is 5.18. The summed E-state index contributed by atoms with van der Waals surface area (Å²) in [6, 6.07) is 15.5. The van der Waals surface area contributed by atoms with Gasteiger partial charge < -0.3 is 5.32 Å². The number of carbonyl (C=O) groups excluding carboxylic acids is 1. The van der Waals surface area contributed by atoms with Gasteiger partial charge in [-0.2, -0.15) is 5.10 Å². The van der Waals surface area contributed by atoms with Crippen LogP contribution in [0.2, 0.25) is 0 Å². The van der Waals surface area contributed by atoms with E-state index >= 15 is 0 Å². The zero-order valence-electron chi connectivity index (χ0n) is 13.6. The SMILES string of the molecule is CC(NC(=O)c1ccc(CSc2ncn[nH]2)cc1)c1ccc(Br)cc1. The van der Waals surface area contributed by atoms with Gasteiger partial charge in [-0.25, -0.2) is 4.98 Å². The van der Waals surface area contributed by atoms with Crippen molar-refractivity contribution in [2.24, 2.45) is 0 Å². The highest BCUT2D eigenvalue weighted by molar-refractivity contribution is 9.10. The van der Waals surface area contributed by atoms with Crippen LogP contribution in [0.3, 0.4) is 0 Å². The fourth-order valence-electron chi connectivity index (χ4n) is 2.28. The number of halogens is 1. The molecule has 0 aliphatic heterocycles. The van der Waals surface area contributed by atoms with E-state index in [0.717, 1.165) is 26.5 Å². The Hall–Kier alpha value is -2.12. The number of aromatic nitrogens is 3. The Balaban J connectivity index is 1.57. The highest BCUT2D eigenvalue weighted by Crippen LogP contribution is 2.19. The number of nitrogens with zero attached hydrogens (tertiary/aromatic N) is 2. The summed E-state index contributed by atoms with van der Waals surface area (Å²) in [4.78, 5) is 16.5. The molecule has 0 radical (unpaired) electrons. The number of hydrogen-bond acceptors (Lipinski definition) is 4. The van der Waals surface area contributed by atoms with Crippen molar-refractivity contribution in [1.29, 1.82) is 0 Å². The van der Waals surface area contributed by atoms with Gasteiger partial charge in [0.25, 0.3) is 5.91 Å². The normalized spacial score (nSPS) is 11.9. The molecule has 1 amide bonds. The van der Waals surface area contributed by atoms with Gasteiger partial charge in [-0.15, -0.1) is 0 Å². The van der Waals surface area contributed by atoms with E-state index in [1.54, 1.807) is 11.8 Å². The highest BCUT2D eigenvalue weighted by Gasteiger charge is 2.11. The van der Waals surface area contributed by atoms with Crippen molar-refractivity contribution < 1.29 is 4.79 Å². The Morgan fingerprint density at radius 3 is 2.56 bits per heavy atom. The molecule has 3 aromatic rings. The van der Waals surface area contributed by atoms with Crippen molar-refractivity contribution in [2.45, 2.75) is 23.9 Å². The number of hydrogen-bond donors (Lipinski definition) is 2. The number of thioether (sulfide) groups is 1. The van der Waals surface area contributed by atoms with E-state index in [-0.39, 0.29) is 11.9 Å². The molecule has 0 saturated heterocycles.